The molecule has 0 spiro atoms. The first-order valence-corrected chi connectivity index (χ1v) is 7.89. The van der Waals surface area contributed by atoms with Crippen LogP contribution in [-0.2, 0) is 14.6 Å². The number of hydrogen-bond donors (Lipinski definition) is 2. The maximum atomic E-state index is 11.8. The third-order valence-corrected chi connectivity index (χ3v) is 5.66. The Bertz CT molecular complexity index is 394. The molecule has 1 saturated carbocycles. The third-order valence-electron chi connectivity index (χ3n) is 3.82. The number of carbonyl (C=O) groups excluding carboxylic acids is 1. The zero-order valence-corrected chi connectivity index (χ0v) is 10.6. The van der Waals surface area contributed by atoms with E-state index in [0.717, 1.165) is 19.3 Å². The number of aliphatic hydroxyl groups excluding tert-OH is 1. The molecule has 0 aromatic carbocycles. The van der Waals surface area contributed by atoms with Crippen LogP contribution >= 0.6 is 0 Å². The minimum Gasteiger partial charge on any atom is -0.394 e. The SMILES string of the molecule is O=C(CC1CCS(=O)(=O)C1)NC1(CO)CCC1. The number of carbonyl (C=O) groups is 1. The minimum atomic E-state index is -2.91. The molecule has 0 aromatic heterocycles. The Morgan fingerprint density at radius 2 is 2.12 bits per heavy atom. The molecule has 2 N–H and O–H groups in total. The standard InChI is InChI=1S/C11H19NO4S/c13-8-11(3-1-4-11)12-10(14)6-9-2-5-17(15,16)7-9/h9,13H,1-8H2,(H,12,14). The third kappa shape index (κ3) is 2.98. The van der Waals surface area contributed by atoms with Gasteiger partial charge in [0.05, 0.1) is 23.7 Å². The number of aliphatic hydroxyl groups is 1. The predicted molar refractivity (Wildman–Crippen MR) is 63.2 cm³/mol. The van der Waals surface area contributed by atoms with E-state index in [1.165, 1.54) is 0 Å². The minimum absolute atomic E-state index is 0.0261. The van der Waals surface area contributed by atoms with Crippen LogP contribution in [0.4, 0.5) is 0 Å². The van der Waals surface area contributed by atoms with Crippen molar-refractivity contribution in [2.45, 2.75) is 37.6 Å². The summed E-state index contributed by atoms with van der Waals surface area (Å²) in [4.78, 5) is 11.8. The molecule has 0 radical (unpaired) electrons. The van der Waals surface area contributed by atoms with Gasteiger partial charge >= 0.3 is 0 Å². The van der Waals surface area contributed by atoms with Gasteiger partial charge in [0.2, 0.25) is 5.91 Å². The van der Waals surface area contributed by atoms with E-state index >= 15 is 0 Å². The highest BCUT2D eigenvalue weighted by Crippen LogP contribution is 2.31. The summed E-state index contributed by atoms with van der Waals surface area (Å²) in [7, 11) is -2.91. The molecule has 2 fully saturated rings. The Morgan fingerprint density at radius 3 is 2.53 bits per heavy atom. The van der Waals surface area contributed by atoms with Crippen molar-refractivity contribution in [2.24, 2.45) is 5.92 Å². The van der Waals surface area contributed by atoms with Crippen LogP contribution < -0.4 is 5.32 Å². The molecule has 1 amide bonds. The topological polar surface area (TPSA) is 83.5 Å². The van der Waals surface area contributed by atoms with Gasteiger partial charge in [0.25, 0.3) is 0 Å². The molecule has 1 aliphatic carbocycles. The van der Waals surface area contributed by atoms with Gasteiger partial charge in [-0.2, -0.15) is 0 Å². The smallest absolute Gasteiger partial charge is 0.220 e. The summed E-state index contributed by atoms with van der Waals surface area (Å²) in [5.74, 6) is 0.166. The monoisotopic (exact) mass is 261 g/mol. The highest BCUT2D eigenvalue weighted by atomic mass is 32.2. The van der Waals surface area contributed by atoms with E-state index in [1.807, 2.05) is 0 Å². The molecule has 17 heavy (non-hydrogen) atoms. The van der Waals surface area contributed by atoms with Gasteiger partial charge in [-0.1, -0.05) is 0 Å². The average molecular weight is 261 g/mol. The van der Waals surface area contributed by atoms with Crippen molar-refractivity contribution in [2.75, 3.05) is 18.1 Å². The van der Waals surface area contributed by atoms with Crippen molar-refractivity contribution in [1.82, 2.24) is 5.32 Å². The van der Waals surface area contributed by atoms with Crippen LogP contribution in [0.5, 0.6) is 0 Å². The molecule has 98 valence electrons. The van der Waals surface area contributed by atoms with E-state index in [1.54, 1.807) is 0 Å². The zero-order chi connectivity index (χ0) is 12.5. The molecule has 6 heteroatoms. The molecule has 1 atom stereocenters. The van der Waals surface area contributed by atoms with Gasteiger partial charge in [0.15, 0.2) is 9.84 Å². The summed E-state index contributed by atoms with van der Waals surface area (Å²) in [6.07, 6.45) is 3.51. The van der Waals surface area contributed by atoms with Gasteiger partial charge in [-0.05, 0) is 31.6 Å². The quantitative estimate of drug-likeness (QED) is 0.736. The second-order valence-electron chi connectivity index (χ2n) is 5.31. The number of hydrogen-bond acceptors (Lipinski definition) is 4. The molecule has 1 heterocycles. The molecule has 0 bridgehead atoms. The summed E-state index contributed by atoms with van der Waals surface area (Å²) in [6, 6.07) is 0. The van der Waals surface area contributed by atoms with E-state index in [4.69, 9.17) is 0 Å². The van der Waals surface area contributed by atoms with Gasteiger partial charge in [-0.15, -0.1) is 0 Å². The lowest BCUT2D eigenvalue weighted by Crippen LogP contribution is -2.56. The van der Waals surface area contributed by atoms with Gasteiger partial charge in [-0.3, -0.25) is 4.79 Å². The lowest BCUT2D eigenvalue weighted by molar-refractivity contribution is -0.125. The summed E-state index contributed by atoms with van der Waals surface area (Å²) in [6.45, 7) is -0.0261. The van der Waals surface area contributed by atoms with Crippen LogP contribution in [0.15, 0.2) is 0 Å². The molecule has 1 saturated heterocycles. The van der Waals surface area contributed by atoms with Crippen LogP contribution in [-0.4, -0.2) is 43.1 Å². The first-order valence-electron chi connectivity index (χ1n) is 6.07. The van der Waals surface area contributed by atoms with E-state index in [0.29, 0.717) is 6.42 Å². The van der Waals surface area contributed by atoms with E-state index in [2.05, 4.69) is 5.32 Å². The second kappa shape index (κ2) is 4.57. The van der Waals surface area contributed by atoms with Crippen LogP contribution in [0.1, 0.15) is 32.1 Å². The molecule has 0 aromatic rings. The Hall–Kier alpha value is -0.620. The Balaban J connectivity index is 1.82. The summed E-state index contributed by atoms with van der Waals surface area (Å²) in [5.41, 5.74) is -0.422. The number of nitrogens with one attached hydrogen (secondary N) is 1. The highest BCUT2D eigenvalue weighted by Gasteiger charge is 2.38. The normalized spacial score (nSPS) is 29.6. The summed E-state index contributed by atoms with van der Waals surface area (Å²) in [5, 5.41) is 12.1. The van der Waals surface area contributed by atoms with Crippen LogP contribution in [0.25, 0.3) is 0 Å². The van der Waals surface area contributed by atoms with Crippen molar-refractivity contribution >= 4 is 15.7 Å². The number of amides is 1. The van der Waals surface area contributed by atoms with Gasteiger partial charge in [0, 0.05) is 6.42 Å². The summed E-state index contributed by atoms with van der Waals surface area (Å²) >= 11 is 0. The maximum Gasteiger partial charge on any atom is 0.220 e. The average Bonchev–Trinajstić information content (AvgIpc) is 2.52. The number of rotatable bonds is 4. The van der Waals surface area contributed by atoms with Gasteiger partial charge in [-0.25, -0.2) is 8.42 Å². The van der Waals surface area contributed by atoms with Crippen molar-refractivity contribution in [3.8, 4) is 0 Å². The van der Waals surface area contributed by atoms with Crippen molar-refractivity contribution in [3.63, 3.8) is 0 Å². The van der Waals surface area contributed by atoms with Crippen molar-refractivity contribution < 1.29 is 18.3 Å². The van der Waals surface area contributed by atoms with Crippen molar-refractivity contribution in [1.29, 1.82) is 0 Å². The molecular formula is C11H19NO4S. The Kier molecular flexibility index (Phi) is 3.45. The lowest BCUT2D eigenvalue weighted by atomic mass is 9.77. The molecule has 2 aliphatic rings. The summed E-state index contributed by atoms with van der Waals surface area (Å²) < 4.78 is 22.5. The van der Waals surface area contributed by atoms with Gasteiger partial charge < -0.3 is 10.4 Å². The van der Waals surface area contributed by atoms with Crippen LogP contribution in [0.3, 0.4) is 0 Å². The van der Waals surface area contributed by atoms with E-state index in [-0.39, 0.29) is 36.4 Å². The first-order chi connectivity index (χ1) is 7.95. The maximum absolute atomic E-state index is 11.8. The molecule has 2 rings (SSSR count). The largest absolute Gasteiger partial charge is 0.394 e. The first kappa shape index (κ1) is 12.8. The molecule has 1 unspecified atom stereocenters. The molecular weight excluding hydrogens is 242 g/mol. The lowest BCUT2D eigenvalue weighted by Gasteiger charge is -2.41. The number of sulfone groups is 1. The highest BCUT2D eigenvalue weighted by molar-refractivity contribution is 7.91. The van der Waals surface area contributed by atoms with E-state index < -0.39 is 15.4 Å². The predicted octanol–water partition coefficient (Wildman–Crippen LogP) is -0.158. The molecule has 1 aliphatic heterocycles. The second-order valence-corrected chi connectivity index (χ2v) is 7.54. The fourth-order valence-electron chi connectivity index (χ4n) is 2.57. The van der Waals surface area contributed by atoms with Crippen LogP contribution in [0.2, 0.25) is 0 Å². The fraction of sp³-hybridized carbons (Fsp3) is 0.909. The van der Waals surface area contributed by atoms with Crippen LogP contribution in [0, 0.1) is 5.92 Å². The fourth-order valence-corrected chi connectivity index (χ4v) is 4.43. The molecule has 5 nitrogen and oxygen atoms in total. The Labute approximate surface area is 102 Å². The van der Waals surface area contributed by atoms with E-state index in [9.17, 15) is 18.3 Å². The zero-order valence-electron chi connectivity index (χ0n) is 9.81. The Morgan fingerprint density at radius 1 is 1.41 bits per heavy atom. The van der Waals surface area contributed by atoms with Crippen molar-refractivity contribution in [3.05, 3.63) is 0 Å². The van der Waals surface area contributed by atoms with Gasteiger partial charge in [0.1, 0.15) is 0 Å².